The normalized spacial score (nSPS) is 18.6. The summed E-state index contributed by atoms with van der Waals surface area (Å²) in [6.45, 7) is 0.561. The van der Waals surface area contributed by atoms with Gasteiger partial charge >= 0.3 is 5.97 Å². The first-order valence-corrected chi connectivity index (χ1v) is 7.14. The Bertz CT molecular complexity index is 489. The van der Waals surface area contributed by atoms with Gasteiger partial charge in [0.25, 0.3) is 0 Å². The highest BCUT2D eigenvalue weighted by Gasteiger charge is 2.33. The second-order valence-electron chi connectivity index (χ2n) is 4.67. The summed E-state index contributed by atoms with van der Waals surface area (Å²) in [5.74, 6) is -0.965. The van der Waals surface area contributed by atoms with Crippen molar-refractivity contribution >= 4 is 27.8 Å². The molecule has 0 spiro atoms. The number of aliphatic carboxylic acids is 1. The van der Waals surface area contributed by atoms with E-state index in [0.717, 1.165) is 16.5 Å². The Morgan fingerprint density at radius 1 is 1.37 bits per heavy atom. The van der Waals surface area contributed by atoms with Crippen molar-refractivity contribution in [2.24, 2.45) is 0 Å². The zero-order valence-corrected chi connectivity index (χ0v) is 12.1. The van der Waals surface area contributed by atoms with Gasteiger partial charge in [-0.25, -0.2) is 4.79 Å². The summed E-state index contributed by atoms with van der Waals surface area (Å²) >= 11 is 3.45. The van der Waals surface area contributed by atoms with Gasteiger partial charge in [0, 0.05) is 17.4 Å². The topological polar surface area (TPSA) is 57.6 Å². The molecule has 1 amide bonds. The molecule has 4 nitrogen and oxygen atoms in total. The van der Waals surface area contributed by atoms with E-state index in [1.165, 1.54) is 4.90 Å². The van der Waals surface area contributed by atoms with Gasteiger partial charge in [-0.15, -0.1) is 0 Å². The van der Waals surface area contributed by atoms with Crippen LogP contribution in [0.3, 0.4) is 0 Å². The van der Waals surface area contributed by atoms with Gasteiger partial charge < -0.3 is 10.0 Å². The Morgan fingerprint density at radius 2 is 2.11 bits per heavy atom. The van der Waals surface area contributed by atoms with E-state index in [1.807, 2.05) is 24.3 Å². The third-order valence-corrected chi connectivity index (χ3v) is 4.20. The molecule has 1 heterocycles. The molecule has 0 saturated carbocycles. The van der Waals surface area contributed by atoms with Gasteiger partial charge in [0.15, 0.2) is 0 Å². The number of carbonyl (C=O) groups excluding carboxylic acids is 1. The standard InChI is InChI=1S/C14H16BrNO3/c15-11-5-2-1-4-10(11)7-8-13(17)16-9-3-6-12(16)14(18)19/h1-2,4-5,12H,3,6-9H2,(H,18,19)/t12-/m0/s1. The summed E-state index contributed by atoms with van der Waals surface area (Å²) in [6, 6.07) is 7.13. The smallest absolute Gasteiger partial charge is 0.326 e. The molecular formula is C14H16BrNO3. The lowest BCUT2D eigenvalue weighted by atomic mass is 10.1. The van der Waals surface area contributed by atoms with Crippen LogP contribution in [-0.2, 0) is 16.0 Å². The zero-order valence-electron chi connectivity index (χ0n) is 10.5. The molecule has 1 atom stereocenters. The summed E-state index contributed by atoms with van der Waals surface area (Å²) in [5.41, 5.74) is 1.07. The van der Waals surface area contributed by atoms with E-state index in [1.54, 1.807) is 0 Å². The first-order chi connectivity index (χ1) is 9.09. The molecule has 5 heteroatoms. The van der Waals surface area contributed by atoms with Crippen molar-refractivity contribution in [2.75, 3.05) is 6.54 Å². The number of benzene rings is 1. The number of aryl methyl sites for hydroxylation is 1. The molecule has 0 unspecified atom stereocenters. The van der Waals surface area contributed by atoms with Crippen molar-refractivity contribution in [2.45, 2.75) is 31.7 Å². The number of halogens is 1. The predicted molar refractivity (Wildman–Crippen MR) is 74.8 cm³/mol. The fraction of sp³-hybridized carbons (Fsp3) is 0.429. The number of carboxylic acids is 1. The van der Waals surface area contributed by atoms with Crippen LogP contribution in [-0.4, -0.2) is 34.5 Å². The predicted octanol–water partition coefficient (Wildman–Crippen LogP) is 2.46. The Labute approximate surface area is 120 Å². The third-order valence-electron chi connectivity index (χ3n) is 3.42. The van der Waals surface area contributed by atoms with Gasteiger partial charge in [0.2, 0.25) is 5.91 Å². The second kappa shape index (κ2) is 6.19. The van der Waals surface area contributed by atoms with Crippen LogP contribution >= 0.6 is 15.9 Å². The molecule has 1 fully saturated rings. The van der Waals surface area contributed by atoms with Gasteiger partial charge in [-0.1, -0.05) is 34.1 Å². The van der Waals surface area contributed by atoms with E-state index >= 15 is 0 Å². The van der Waals surface area contributed by atoms with Crippen LogP contribution in [0.1, 0.15) is 24.8 Å². The maximum Gasteiger partial charge on any atom is 0.326 e. The fourth-order valence-corrected chi connectivity index (χ4v) is 2.89. The van der Waals surface area contributed by atoms with Gasteiger partial charge in [-0.05, 0) is 30.9 Å². The summed E-state index contributed by atoms with van der Waals surface area (Å²) in [6.07, 6.45) is 2.32. The molecule has 1 N–H and O–H groups in total. The summed E-state index contributed by atoms with van der Waals surface area (Å²) in [5, 5.41) is 9.06. The lowest BCUT2D eigenvalue weighted by Gasteiger charge is -2.21. The molecule has 0 radical (unpaired) electrons. The highest BCUT2D eigenvalue weighted by Crippen LogP contribution is 2.21. The van der Waals surface area contributed by atoms with Crippen molar-refractivity contribution in [3.8, 4) is 0 Å². The number of likely N-dealkylation sites (tertiary alicyclic amines) is 1. The molecule has 1 aromatic carbocycles. The summed E-state index contributed by atoms with van der Waals surface area (Å²) in [7, 11) is 0. The molecule has 1 saturated heterocycles. The molecule has 2 rings (SSSR count). The van der Waals surface area contributed by atoms with Crippen molar-refractivity contribution in [3.05, 3.63) is 34.3 Å². The SMILES string of the molecule is O=C(O)[C@@H]1CCCN1C(=O)CCc1ccccc1Br. The summed E-state index contributed by atoms with van der Waals surface area (Å²) in [4.78, 5) is 24.6. The van der Waals surface area contributed by atoms with Gasteiger partial charge in [0.05, 0.1) is 0 Å². The Morgan fingerprint density at radius 3 is 2.79 bits per heavy atom. The van der Waals surface area contributed by atoms with E-state index in [9.17, 15) is 9.59 Å². The highest BCUT2D eigenvalue weighted by atomic mass is 79.9. The minimum Gasteiger partial charge on any atom is -0.480 e. The van der Waals surface area contributed by atoms with Gasteiger partial charge in [-0.2, -0.15) is 0 Å². The maximum absolute atomic E-state index is 12.1. The van der Waals surface area contributed by atoms with E-state index in [-0.39, 0.29) is 5.91 Å². The number of carboxylic acid groups (broad SMARTS) is 1. The number of rotatable bonds is 4. The molecule has 102 valence electrons. The highest BCUT2D eigenvalue weighted by molar-refractivity contribution is 9.10. The minimum absolute atomic E-state index is 0.0688. The fourth-order valence-electron chi connectivity index (χ4n) is 2.41. The lowest BCUT2D eigenvalue weighted by molar-refractivity contribution is -0.148. The average molecular weight is 326 g/mol. The van der Waals surface area contributed by atoms with Gasteiger partial charge in [-0.3, -0.25) is 4.79 Å². The lowest BCUT2D eigenvalue weighted by Crippen LogP contribution is -2.40. The molecule has 1 aromatic rings. The van der Waals surface area contributed by atoms with Crippen molar-refractivity contribution in [1.29, 1.82) is 0 Å². The Balaban J connectivity index is 1.95. The molecule has 1 aliphatic rings. The van der Waals surface area contributed by atoms with E-state index in [4.69, 9.17) is 5.11 Å². The van der Waals surface area contributed by atoms with Crippen LogP contribution in [0, 0.1) is 0 Å². The number of amides is 1. The second-order valence-corrected chi connectivity index (χ2v) is 5.53. The van der Waals surface area contributed by atoms with Crippen molar-refractivity contribution in [3.63, 3.8) is 0 Å². The van der Waals surface area contributed by atoms with Crippen LogP contribution in [0.4, 0.5) is 0 Å². The zero-order chi connectivity index (χ0) is 13.8. The average Bonchev–Trinajstić information content (AvgIpc) is 2.87. The third kappa shape index (κ3) is 3.35. The summed E-state index contributed by atoms with van der Waals surface area (Å²) < 4.78 is 0.985. The molecule has 1 aliphatic heterocycles. The largest absolute Gasteiger partial charge is 0.480 e. The molecule has 0 aliphatic carbocycles. The first kappa shape index (κ1) is 14.1. The van der Waals surface area contributed by atoms with Crippen molar-refractivity contribution < 1.29 is 14.7 Å². The Hall–Kier alpha value is -1.36. The van der Waals surface area contributed by atoms with E-state index in [0.29, 0.717) is 25.8 Å². The number of hydrogen-bond donors (Lipinski definition) is 1. The minimum atomic E-state index is -0.897. The number of carbonyl (C=O) groups is 2. The van der Waals surface area contributed by atoms with Gasteiger partial charge in [0.1, 0.15) is 6.04 Å². The van der Waals surface area contributed by atoms with Crippen molar-refractivity contribution in [1.82, 2.24) is 4.90 Å². The molecule has 0 bridgehead atoms. The van der Waals surface area contributed by atoms with Crippen LogP contribution in [0.15, 0.2) is 28.7 Å². The number of nitrogens with zero attached hydrogens (tertiary/aromatic N) is 1. The monoisotopic (exact) mass is 325 g/mol. The molecular weight excluding hydrogens is 310 g/mol. The Kier molecular flexibility index (Phi) is 4.58. The molecule has 19 heavy (non-hydrogen) atoms. The van der Waals surface area contributed by atoms with Crippen LogP contribution in [0.25, 0.3) is 0 Å². The quantitative estimate of drug-likeness (QED) is 0.925. The first-order valence-electron chi connectivity index (χ1n) is 6.35. The van der Waals surface area contributed by atoms with E-state index in [2.05, 4.69) is 15.9 Å². The maximum atomic E-state index is 12.1. The van der Waals surface area contributed by atoms with Crippen LogP contribution in [0.5, 0.6) is 0 Å². The number of hydrogen-bond acceptors (Lipinski definition) is 2. The van der Waals surface area contributed by atoms with E-state index < -0.39 is 12.0 Å². The van der Waals surface area contributed by atoms with Crippen LogP contribution in [0.2, 0.25) is 0 Å². The molecule has 0 aromatic heterocycles. The van der Waals surface area contributed by atoms with Crippen LogP contribution < -0.4 is 0 Å².